The van der Waals surface area contributed by atoms with E-state index in [9.17, 15) is 4.79 Å². The summed E-state index contributed by atoms with van der Waals surface area (Å²) in [4.78, 5) is 14.5. The average molecular weight is 263 g/mol. The lowest BCUT2D eigenvalue weighted by Crippen LogP contribution is -2.28. The highest BCUT2D eigenvalue weighted by Crippen LogP contribution is 2.13. The molecule has 3 heteroatoms. The maximum atomic E-state index is 12.1. The highest BCUT2D eigenvalue weighted by Gasteiger charge is 2.09. The van der Waals surface area contributed by atoms with E-state index in [-0.39, 0.29) is 5.78 Å². The van der Waals surface area contributed by atoms with E-state index in [0.29, 0.717) is 6.42 Å². The fourth-order valence-electron chi connectivity index (χ4n) is 2.15. The van der Waals surface area contributed by atoms with Gasteiger partial charge in [-0.05, 0) is 50.2 Å². The summed E-state index contributed by atoms with van der Waals surface area (Å²) in [5.74, 6) is 0.995. The van der Waals surface area contributed by atoms with Gasteiger partial charge in [-0.1, -0.05) is 13.8 Å². The Balaban J connectivity index is 2.48. The van der Waals surface area contributed by atoms with E-state index in [1.54, 1.807) is 7.11 Å². The molecule has 0 saturated heterocycles. The Morgan fingerprint density at radius 3 is 2.11 bits per heavy atom. The van der Waals surface area contributed by atoms with Crippen molar-refractivity contribution in [2.75, 3.05) is 26.7 Å². The van der Waals surface area contributed by atoms with Crippen LogP contribution < -0.4 is 4.74 Å². The Morgan fingerprint density at radius 1 is 1.05 bits per heavy atom. The summed E-state index contributed by atoms with van der Waals surface area (Å²) in [5, 5.41) is 0. The number of nitrogens with zero attached hydrogens (tertiary/aromatic N) is 1. The number of benzene rings is 1. The van der Waals surface area contributed by atoms with Crippen LogP contribution in [0.4, 0.5) is 0 Å². The molecule has 19 heavy (non-hydrogen) atoms. The summed E-state index contributed by atoms with van der Waals surface area (Å²) in [7, 11) is 1.63. The monoisotopic (exact) mass is 263 g/mol. The molecule has 0 aliphatic carbocycles. The molecule has 0 atom stereocenters. The van der Waals surface area contributed by atoms with Crippen LogP contribution in [0.1, 0.15) is 43.5 Å². The molecular formula is C16H25NO2. The Labute approximate surface area is 116 Å². The third kappa shape index (κ3) is 5.43. The van der Waals surface area contributed by atoms with Gasteiger partial charge in [-0.25, -0.2) is 0 Å². The van der Waals surface area contributed by atoms with Crippen molar-refractivity contribution in [3.05, 3.63) is 29.8 Å². The van der Waals surface area contributed by atoms with E-state index in [2.05, 4.69) is 18.7 Å². The number of methoxy groups -OCH3 is 1. The highest BCUT2D eigenvalue weighted by atomic mass is 16.5. The van der Waals surface area contributed by atoms with Crippen molar-refractivity contribution in [1.29, 1.82) is 0 Å². The van der Waals surface area contributed by atoms with Crippen LogP contribution >= 0.6 is 0 Å². The molecule has 3 nitrogen and oxygen atoms in total. The molecule has 0 aliphatic rings. The molecule has 1 aromatic carbocycles. The first-order valence-electron chi connectivity index (χ1n) is 7.10. The lowest BCUT2D eigenvalue weighted by molar-refractivity contribution is 0.0964. The van der Waals surface area contributed by atoms with Gasteiger partial charge in [-0.15, -0.1) is 0 Å². The Morgan fingerprint density at radius 2 is 1.63 bits per heavy atom. The highest BCUT2D eigenvalue weighted by molar-refractivity contribution is 5.96. The summed E-state index contributed by atoms with van der Waals surface area (Å²) in [5.41, 5.74) is 0.772. The molecule has 1 rings (SSSR count). The molecular weight excluding hydrogens is 238 g/mol. The largest absolute Gasteiger partial charge is 0.497 e. The number of ether oxygens (including phenoxy) is 1. The van der Waals surface area contributed by atoms with Gasteiger partial charge in [0, 0.05) is 18.5 Å². The predicted molar refractivity (Wildman–Crippen MR) is 79.0 cm³/mol. The SMILES string of the molecule is CCCN(CCC)CCC(=O)c1ccc(OC)cc1. The van der Waals surface area contributed by atoms with Crippen LogP contribution in [-0.4, -0.2) is 37.4 Å². The van der Waals surface area contributed by atoms with E-state index in [1.807, 2.05) is 24.3 Å². The second-order valence-electron chi connectivity index (χ2n) is 4.74. The van der Waals surface area contributed by atoms with E-state index >= 15 is 0 Å². The lowest BCUT2D eigenvalue weighted by Gasteiger charge is -2.20. The van der Waals surface area contributed by atoms with E-state index in [1.165, 1.54) is 0 Å². The molecule has 0 unspecified atom stereocenters. The van der Waals surface area contributed by atoms with Crippen molar-refractivity contribution in [2.45, 2.75) is 33.1 Å². The zero-order valence-corrected chi connectivity index (χ0v) is 12.3. The zero-order valence-electron chi connectivity index (χ0n) is 12.3. The second-order valence-corrected chi connectivity index (χ2v) is 4.74. The van der Waals surface area contributed by atoms with Gasteiger partial charge in [0.15, 0.2) is 5.78 Å². The lowest BCUT2D eigenvalue weighted by atomic mass is 10.1. The van der Waals surface area contributed by atoms with Crippen molar-refractivity contribution in [1.82, 2.24) is 4.90 Å². The van der Waals surface area contributed by atoms with Crippen LogP contribution in [0.3, 0.4) is 0 Å². The zero-order chi connectivity index (χ0) is 14.1. The smallest absolute Gasteiger partial charge is 0.164 e. The quantitative estimate of drug-likeness (QED) is 0.640. The standard InChI is InChI=1S/C16H25NO2/c1-4-11-17(12-5-2)13-10-16(18)14-6-8-15(19-3)9-7-14/h6-9H,4-5,10-13H2,1-3H3. The van der Waals surface area contributed by atoms with Crippen LogP contribution in [0.2, 0.25) is 0 Å². The van der Waals surface area contributed by atoms with Gasteiger partial charge in [0.1, 0.15) is 5.75 Å². The van der Waals surface area contributed by atoms with Crippen molar-refractivity contribution in [2.24, 2.45) is 0 Å². The van der Waals surface area contributed by atoms with Gasteiger partial charge in [-0.3, -0.25) is 4.79 Å². The first kappa shape index (κ1) is 15.7. The van der Waals surface area contributed by atoms with Gasteiger partial charge < -0.3 is 9.64 Å². The van der Waals surface area contributed by atoms with Crippen molar-refractivity contribution in [3.63, 3.8) is 0 Å². The second kappa shape index (κ2) is 8.70. The van der Waals surface area contributed by atoms with Crippen LogP contribution in [0.5, 0.6) is 5.75 Å². The molecule has 0 amide bonds. The molecule has 1 aromatic rings. The fraction of sp³-hybridized carbons (Fsp3) is 0.562. The van der Waals surface area contributed by atoms with Crippen LogP contribution in [-0.2, 0) is 0 Å². The molecule has 0 fully saturated rings. The summed E-state index contributed by atoms with van der Waals surface area (Å²) >= 11 is 0. The summed E-state index contributed by atoms with van der Waals surface area (Å²) in [6.45, 7) is 7.35. The molecule has 0 aliphatic heterocycles. The number of Topliss-reactive ketones (excluding diaryl/α,β-unsaturated/α-hetero) is 1. The fourth-order valence-corrected chi connectivity index (χ4v) is 2.15. The third-order valence-electron chi connectivity index (χ3n) is 3.15. The van der Waals surface area contributed by atoms with E-state index in [0.717, 1.165) is 43.8 Å². The van der Waals surface area contributed by atoms with Gasteiger partial charge >= 0.3 is 0 Å². The normalized spacial score (nSPS) is 10.7. The minimum atomic E-state index is 0.208. The molecule has 0 N–H and O–H groups in total. The number of carbonyl (C=O) groups is 1. The van der Waals surface area contributed by atoms with E-state index in [4.69, 9.17) is 4.74 Å². The van der Waals surface area contributed by atoms with Crippen molar-refractivity contribution >= 4 is 5.78 Å². The van der Waals surface area contributed by atoms with Crippen LogP contribution in [0, 0.1) is 0 Å². The van der Waals surface area contributed by atoms with Crippen molar-refractivity contribution in [3.8, 4) is 5.75 Å². The number of hydrogen-bond donors (Lipinski definition) is 0. The topological polar surface area (TPSA) is 29.5 Å². The summed E-state index contributed by atoms with van der Waals surface area (Å²) in [6, 6.07) is 7.35. The molecule has 0 spiro atoms. The number of carbonyl (C=O) groups excluding carboxylic acids is 1. The Bertz CT molecular complexity index is 367. The number of hydrogen-bond acceptors (Lipinski definition) is 3. The summed E-state index contributed by atoms with van der Waals surface area (Å²) in [6.07, 6.45) is 2.86. The maximum absolute atomic E-state index is 12.1. The minimum absolute atomic E-state index is 0.208. The summed E-state index contributed by atoms with van der Waals surface area (Å²) < 4.78 is 5.09. The molecule has 106 valence electrons. The van der Waals surface area contributed by atoms with Crippen molar-refractivity contribution < 1.29 is 9.53 Å². The molecule has 0 aromatic heterocycles. The average Bonchev–Trinajstić information content (AvgIpc) is 2.45. The molecule has 0 saturated carbocycles. The molecule has 0 heterocycles. The number of ketones is 1. The Hall–Kier alpha value is -1.35. The predicted octanol–water partition coefficient (Wildman–Crippen LogP) is 3.39. The first-order chi connectivity index (χ1) is 9.21. The van der Waals surface area contributed by atoms with Crippen LogP contribution in [0.15, 0.2) is 24.3 Å². The molecule has 0 radical (unpaired) electrons. The maximum Gasteiger partial charge on any atom is 0.164 e. The third-order valence-corrected chi connectivity index (χ3v) is 3.15. The van der Waals surface area contributed by atoms with Gasteiger partial charge in [0.25, 0.3) is 0 Å². The number of rotatable bonds is 9. The van der Waals surface area contributed by atoms with Gasteiger partial charge in [-0.2, -0.15) is 0 Å². The van der Waals surface area contributed by atoms with Crippen LogP contribution in [0.25, 0.3) is 0 Å². The van der Waals surface area contributed by atoms with Gasteiger partial charge in [0.2, 0.25) is 0 Å². The molecule has 0 bridgehead atoms. The minimum Gasteiger partial charge on any atom is -0.497 e. The first-order valence-corrected chi connectivity index (χ1v) is 7.10. The Kier molecular flexibility index (Phi) is 7.19. The van der Waals surface area contributed by atoms with E-state index < -0.39 is 0 Å². The van der Waals surface area contributed by atoms with Gasteiger partial charge in [0.05, 0.1) is 7.11 Å².